The van der Waals surface area contributed by atoms with Crippen LogP contribution in [0.3, 0.4) is 0 Å². The van der Waals surface area contributed by atoms with Crippen LogP contribution >= 0.6 is 22.6 Å². The quantitative estimate of drug-likeness (QED) is 0.493. The molecular weight excluding hydrogens is 358 g/mol. The fraction of sp³-hybridized carbons (Fsp3) is 0.143. The lowest BCUT2D eigenvalue weighted by atomic mass is 9.99. The van der Waals surface area contributed by atoms with Crippen LogP contribution in [0.2, 0.25) is 0 Å². The number of methoxy groups -OCH3 is 1. The summed E-state index contributed by atoms with van der Waals surface area (Å²) < 4.78 is 19.2. The van der Waals surface area contributed by atoms with Gasteiger partial charge in [0.2, 0.25) is 0 Å². The molecule has 3 nitrogen and oxygen atoms in total. The average molecular weight is 372 g/mol. The van der Waals surface area contributed by atoms with Crippen LogP contribution in [0.1, 0.15) is 17.2 Å². The maximum Gasteiger partial charge on any atom is 0.124 e. The molecule has 0 aromatic heterocycles. The maximum absolute atomic E-state index is 13.2. The molecule has 0 saturated heterocycles. The first-order chi connectivity index (χ1) is 9.15. The standard InChI is InChI=1S/C14H14FIN2O/c1-19-11-4-2-3-9(7-11)14(18-17)12-6-5-10(15)8-13(12)16/h2-8,14,18H,17H2,1H3. The van der Waals surface area contributed by atoms with Crippen LogP contribution in [0.4, 0.5) is 4.39 Å². The molecule has 0 aliphatic carbocycles. The first kappa shape index (κ1) is 14.2. The molecule has 0 aliphatic rings. The highest BCUT2D eigenvalue weighted by atomic mass is 127. The van der Waals surface area contributed by atoms with E-state index in [1.54, 1.807) is 13.2 Å². The van der Waals surface area contributed by atoms with Crippen molar-refractivity contribution in [1.82, 2.24) is 5.43 Å². The lowest BCUT2D eigenvalue weighted by Gasteiger charge is -2.19. The second-order valence-electron chi connectivity index (χ2n) is 4.04. The summed E-state index contributed by atoms with van der Waals surface area (Å²) in [6, 6.07) is 12.1. The summed E-state index contributed by atoms with van der Waals surface area (Å²) in [7, 11) is 1.62. The lowest BCUT2D eigenvalue weighted by Crippen LogP contribution is -2.29. The van der Waals surface area contributed by atoms with Gasteiger partial charge in [0.1, 0.15) is 11.6 Å². The zero-order chi connectivity index (χ0) is 13.8. The first-order valence-electron chi connectivity index (χ1n) is 5.70. The third-order valence-corrected chi connectivity index (χ3v) is 3.80. The molecule has 19 heavy (non-hydrogen) atoms. The molecule has 0 fully saturated rings. The number of hydrazine groups is 1. The van der Waals surface area contributed by atoms with Crippen molar-refractivity contribution in [1.29, 1.82) is 0 Å². The number of benzene rings is 2. The zero-order valence-corrected chi connectivity index (χ0v) is 12.5. The molecule has 1 unspecified atom stereocenters. The molecule has 0 heterocycles. The van der Waals surface area contributed by atoms with E-state index >= 15 is 0 Å². The summed E-state index contributed by atoms with van der Waals surface area (Å²) in [6.45, 7) is 0. The first-order valence-corrected chi connectivity index (χ1v) is 6.78. The summed E-state index contributed by atoms with van der Waals surface area (Å²) in [5.41, 5.74) is 4.66. The van der Waals surface area contributed by atoms with Crippen molar-refractivity contribution >= 4 is 22.6 Å². The van der Waals surface area contributed by atoms with Gasteiger partial charge in [-0.05, 0) is 58.0 Å². The van der Waals surface area contributed by atoms with Gasteiger partial charge >= 0.3 is 0 Å². The Morgan fingerprint density at radius 1 is 1.26 bits per heavy atom. The van der Waals surface area contributed by atoms with Gasteiger partial charge in [0.05, 0.1) is 13.2 Å². The van der Waals surface area contributed by atoms with Crippen LogP contribution in [0.15, 0.2) is 42.5 Å². The van der Waals surface area contributed by atoms with Gasteiger partial charge < -0.3 is 4.74 Å². The van der Waals surface area contributed by atoms with Crippen molar-refractivity contribution < 1.29 is 9.13 Å². The molecule has 0 amide bonds. The number of nitrogens with two attached hydrogens (primary N) is 1. The Kier molecular flexibility index (Phi) is 4.73. The minimum atomic E-state index is -0.255. The topological polar surface area (TPSA) is 47.3 Å². The minimum absolute atomic E-state index is 0.206. The van der Waals surface area contributed by atoms with Gasteiger partial charge in [0, 0.05) is 3.57 Å². The monoisotopic (exact) mass is 372 g/mol. The maximum atomic E-state index is 13.2. The molecule has 0 bridgehead atoms. The summed E-state index contributed by atoms with van der Waals surface area (Å²) in [4.78, 5) is 0. The van der Waals surface area contributed by atoms with E-state index in [2.05, 4.69) is 28.0 Å². The summed E-state index contributed by atoms with van der Waals surface area (Å²) in [5.74, 6) is 6.15. The van der Waals surface area contributed by atoms with E-state index in [-0.39, 0.29) is 11.9 Å². The van der Waals surface area contributed by atoms with Crippen molar-refractivity contribution in [2.24, 2.45) is 5.84 Å². The molecule has 100 valence electrons. The van der Waals surface area contributed by atoms with E-state index in [9.17, 15) is 4.39 Å². The molecule has 3 N–H and O–H groups in total. The molecule has 5 heteroatoms. The molecule has 0 spiro atoms. The number of rotatable bonds is 4. The number of hydrogen-bond acceptors (Lipinski definition) is 3. The predicted octanol–water partition coefficient (Wildman–Crippen LogP) is 2.99. The normalized spacial score (nSPS) is 12.2. The average Bonchev–Trinajstić information content (AvgIpc) is 2.42. The lowest BCUT2D eigenvalue weighted by molar-refractivity contribution is 0.413. The Morgan fingerprint density at radius 2 is 2.05 bits per heavy atom. The van der Waals surface area contributed by atoms with E-state index in [0.29, 0.717) is 0 Å². The van der Waals surface area contributed by atoms with Crippen LogP contribution in [0, 0.1) is 9.39 Å². The second-order valence-corrected chi connectivity index (χ2v) is 5.20. The van der Waals surface area contributed by atoms with Gasteiger partial charge in [-0.25, -0.2) is 9.82 Å². The number of halogens is 2. The van der Waals surface area contributed by atoms with Crippen molar-refractivity contribution in [3.63, 3.8) is 0 Å². The van der Waals surface area contributed by atoms with Crippen LogP contribution in [0.25, 0.3) is 0 Å². The minimum Gasteiger partial charge on any atom is -0.497 e. The fourth-order valence-corrected chi connectivity index (χ4v) is 2.71. The van der Waals surface area contributed by atoms with Crippen molar-refractivity contribution in [3.05, 3.63) is 63.0 Å². The summed E-state index contributed by atoms with van der Waals surface area (Å²) >= 11 is 2.10. The largest absolute Gasteiger partial charge is 0.497 e. The number of ether oxygens (including phenoxy) is 1. The number of hydrogen-bond donors (Lipinski definition) is 2. The Labute approximate surface area is 125 Å². The van der Waals surface area contributed by atoms with Gasteiger partial charge in [0.15, 0.2) is 0 Å². The molecule has 0 aliphatic heterocycles. The van der Waals surface area contributed by atoms with Gasteiger partial charge in [-0.15, -0.1) is 0 Å². The summed E-state index contributed by atoms with van der Waals surface area (Å²) in [6.07, 6.45) is 0. The van der Waals surface area contributed by atoms with Gasteiger partial charge in [-0.1, -0.05) is 18.2 Å². The summed E-state index contributed by atoms with van der Waals surface area (Å²) in [5, 5.41) is 0. The molecule has 1 atom stereocenters. The molecule has 2 aromatic carbocycles. The molecule has 0 radical (unpaired) electrons. The highest BCUT2D eigenvalue weighted by Crippen LogP contribution is 2.28. The van der Waals surface area contributed by atoms with E-state index in [4.69, 9.17) is 10.6 Å². The SMILES string of the molecule is COc1cccc(C(NN)c2ccc(F)cc2I)c1. The van der Waals surface area contributed by atoms with Crippen LogP contribution in [-0.2, 0) is 0 Å². The van der Waals surface area contributed by atoms with Crippen molar-refractivity contribution in [2.75, 3.05) is 7.11 Å². The zero-order valence-electron chi connectivity index (χ0n) is 10.4. The van der Waals surface area contributed by atoms with E-state index in [0.717, 1.165) is 20.4 Å². The van der Waals surface area contributed by atoms with Crippen LogP contribution in [0.5, 0.6) is 5.75 Å². The van der Waals surface area contributed by atoms with Crippen molar-refractivity contribution in [2.45, 2.75) is 6.04 Å². The Bertz CT molecular complexity index is 577. The predicted molar refractivity (Wildman–Crippen MR) is 81.3 cm³/mol. The second kappa shape index (κ2) is 6.31. The molecular formula is C14H14FIN2O. The highest BCUT2D eigenvalue weighted by molar-refractivity contribution is 14.1. The van der Waals surface area contributed by atoms with Gasteiger partial charge in [-0.3, -0.25) is 5.84 Å². The third-order valence-electron chi connectivity index (χ3n) is 2.87. The number of nitrogens with one attached hydrogen (secondary N) is 1. The van der Waals surface area contributed by atoms with Gasteiger partial charge in [0.25, 0.3) is 0 Å². The fourth-order valence-electron chi connectivity index (χ4n) is 1.92. The van der Waals surface area contributed by atoms with Crippen molar-refractivity contribution in [3.8, 4) is 5.75 Å². The smallest absolute Gasteiger partial charge is 0.124 e. The Hall–Kier alpha value is -1.18. The third kappa shape index (κ3) is 3.23. The Morgan fingerprint density at radius 3 is 2.68 bits per heavy atom. The molecule has 0 saturated carbocycles. The van der Waals surface area contributed by atoms with Crippen LogP contribution in [-0.4, -0.2) is 7.11 Å². The molecule has 2 aromatic rings. The van der Waals surface area contributed by atoms with E-state index in [1.165, 1.54) is 12.1 Å². The Balaban J connectivity index is 2.43. The molecule has 2 rings (SSSR count). The van der Waals surface area contributed by atoms with Gasteiger partial charge in [-0.2, -0.15) is 0 Å². The van der Waals surface area contributed by atoms with E-state index < -0.39 is 0 Å². The highest BCUT2D eigenvalue weighted by Gasteiger charge is 2.16. The van der Waals surface area contributed by atoms with E-state index in [1.807, 2.05) is 24.3 Å². The van der Waals surface area contributed by atoms with Crippen LogP contribution < -0.4 is 16.0 Å².